The molecule has 1 rings (SSSR count). The molecule has 0 heterocycles. The van der Waals surface area contributed by atoms with E-state index in [-0.39, 0.29) is 5.91 Å². The van der Waals surface area contributed by atoms with Crippen LogP contribution in [0.15, 0.2) is 18.2 Å². The van der Waals surface area contributed by atoms with Gasteiger partial charge in [-0.1, -0.05) is 27.5 Å². The number of halogens is 2. The summed E-state index contributed by atoms with van der Waals surface area (Å²) in [5.74, 6) is -0.105. The van der Waals surface area contributed by atoms with E-state index in [1.807, 2.05) is 31.1 Å². The molecule has 0 fully saturated rings. The van der Waals surface area contributed by atoms with Gasteiger partial charge in [0.05, 0.1) is 15.0 Å². The van der Waals surface area contributed by atoms with E-state index in [1.54, 1.807) is 19.9 Å². The van der Waals surface area contributed by atoms with Crippen molar-refractivity contribution in [3.8, 4) is 0 Å². The second kappa shape index (κ2) is 5.27. The van der Waals surface area contributed by atoms with Gasteiger partial charge in [-0.2, -0.15) is 0 Å². The topological polar surface area (TPSA) is 32.3 Å². The first kappa shape index (κ1) is 14.3. The van der Waals surface area contributed by atoms with Crippen LogP contribution in [-0.2, 0) is 4.79 Å². The Morgan fingerprint density at radius 1 is 1.41 bits per heavy atom. The zero-order valence-electron chi connectivity index (χ0n) is 10.3. The minimum atomic E-state index is -0.598. The van der Waals surface area contributed by atoms with Gasteiger partial charge in [-0.05, 0) is 32.0 Å². The van der Waals surface area contributed by atoms with Crippen LogP contribution in [0.1, 0.15) is 13.8 Å². The van der Waals surface area contributed by atoms with Gasteiger partial charge in [-0.3, -0.25) is 4.79 Å². The minimum Gasteiger partial charge on any atom is -0.376 e. The van der Waals surface area contributed by atoms with E-state index in [2.05, 4.69) is 21.2 Å². The predicted molar refractivity (Wildman–Crippen MR) is 77.4 cm³/mol. The lowest BCUT2D eigenvalue weighted by Crippen LogP contribution is -2.30. The van der Waals surface area contributed by atoms with Crippen LogP contribution in [0.5, 0.6) is 0 Å². The molecule has 1 amide bonds. The minimum absolute atomic E-state index is 0.105. The van der Waals surface area contributed by atoms with Gasteiger partial charge in [0.15, 0.2) is 0 Å². The van der Waals surface area contributed by atoms with E-state index in [1.165, 1.54) is 0 Å². The lowest BCUT2D eigenvalue weighted by Gasteiger charge is -2.18. The van der Waals surface area contributed by atoms with Crippen LogP contribution < -0.4 is 10.2 Å². The monoisotopic (exact) mass is 318 g/mol. The summed E-state index contributed by atoms with van der Waals surface area (Å²) < 4.78 is -0.598. The van der Waals surface area contributed by atoms with Crippen molar-refractivity contribution in [2.75, 3.05) is 24.3 Å². The van der Waals surface area contributed by atoms with E-state index in [0.717, 1.165) is 5.69 Å². The molecule has 17 heavy (non-hydrogen) atoms. The van der Waals surface area contributed by atoms with Gasteiger partial charge in [0.2, 0.25) is 5.91 Å². The smallest absolute Gasteiger partial charge is 0.240 e. The third kappa shape index (κ3) is 3.89. The molecular weight excluding hydrogens is 304 g/mol. The normalized spacial score (nSPS) is 11.2. The van der Waals surface area contributed by atoms with Crippen molar-refractivity contribution < 1.29 is 4.79 Å². The number of amides is 1. The van der Waals surface area contributed by atoms with Crippen LogP contribution >= 0.6 is 27.5 Å². The standard InChI is InChI=1S/C12H16BrClN2O/c1-12(2,13)11(17)15-8-5-6-10(16(3)4)9(14)7-8/h5-7H,1-4H3,(H,15,17). The van der Waals surface area contributed by atoms with Crippen LogP contribution in [0.4, 0.5) is 11.4 Å². The number of carbonyl (C=O) groups is 1. The second-order valence-electron chi connectivity index (χ2n) is 4.49. The fourth-order valence-electron chi connectivity index (χ4n) is 1.23. The highest BCUT2D eigenvalue weighted by Gasteiger charge is 2.23. The summed E-state index contributed by atoms with van der Waals surface area (Å²) in [5.41, 5.74) is 1.61. The first-order valence-corrected chi connectivity index (χ1v) is 6.36. The molecule has 0 aliphatic carbocycles. The van der Waals surface area contributed by atoms with Gasteiger partial charge in [-0.25, -0.2) is 0 Å². The third-order valence-corrected chi connectivity index (χ3v) is 2.89. The summed E-state index contributed by atoms with van der Waals surface area (Å²) in [5, 5.41) is 3.41. The highest BCUT2D eigenvalue weighted by molar-refractivity contribution is 9.10. The SMILES string of the molecule is CN(C)c1ccc(NC(=O)C(C)(C)Br)cc1Cl. The van der Waals surface area contributed by atoms with E-state index in [0.29, 0.717) is 10.7 Å². The summed E-state index contributed by atoms with van der Waals surface area (Å²) in [6.45, 7) is 3.58. The van der Waals surface area contributed by atoms with Gasteiger partial charge in [0.1, 0.15) is 0 Å². The van der Waals surface area contributed by atoms with Crippen molar-refractivity contribution in [3.63, 3.8) is 0 Å². The van der Waals surface area contributed by atoms with Crippen LogP contribution in [0.25, 0.3) is 0 Å². The largest absolute Gasteiger partial charge is 0.376 e. The Kier molecular flexibility index (Phi) is 4.44. The molecule has 0 aromatic heterocycles. The number of benzene rings is 1. The van der Waals surface area contributed by atoms with Gasteiger partial charge in [0, 0.05) is 19.8 Å². The average Bonchev–Trinajstić information content (AvgIpc) is 2.15. The van der Waals surface area contributed by atoms with E-state index >= 15 is 0 Å². The number of carbonyl (C=O) groups excluding carboxylic acids is 1. The van der Waals surface area contributed by atoms with E-state index in [9.17, 15) is 4.79 Å². The van der Waals surface area contributed by atoms with Gasteiger partial charge in [0.25, 0.3) is 0 Å². The summed E-state index contributed by atoms with van der Waals surface area (Å²) >= 11 is 9.42. The van der Waals surface area contributed by atoms with Crippen LogP contribution in [0, 0.1) is 0 Å². The number of nitrogens with zero attached hydrogens (tertiary/aromatic N) is 1. The Balaban J connectivity index is 2.89. The molecular formula is C12H16BrClN2O. The van der Waals surface area contributed by atoms with Gasteiger partial charge >= 0.3 is 0 Å². The first-order chi connectivity index (χ1) is 7.71. The molecule has 1 aromatic rings. The molecule has 0 bridgehead atoms. The number of rotatable bonds is 3. The Hall–Kier alpha value is -0.740. The summed E-state index contributed by atoms with van der Waals surface area (Å²) in [7, 11) is 3.84. The number of hydrogen-bond donors (Lipinski definition) is 1. The van der Waals surface area contributed by atoms with Crippen molar-refractivity contribution in [1.82, 2.24) is 0 Å². The average molecular weight is 320 g/mol. The lowest BCUT2D eigenvalue weighted by atomic mass is 10.2. The molecule has 0 atom stereocenters. The molecule has 0 saturated heterocycles. The quantitative estimate of drug-likeness (QED) is 0.865. The maximum Gasteiger partial charge on any atom is 0.240 e. The first-order valence-electron chi connectivity index (χ1n) is 5.19. The number of nitrogens with one attached hydrogen (secondary N) is 1. The highest BCUT2D eigenvalue weighted by atomic mass is 79.9. The molecule has 0 unspecified atom stereocenters. The zero-order chi connectivity index (χ0) is 13.2. The third-order valence-electron chi connectivity index (χ3n) is 2.23. The van der Waals surface area contributed by atoms with Crippen molar-refractivity contribution in [2.45, 2.75) is 18.2 Å². The molecule has 94 valence electrons. The van der Waals surface area contributed by atoms with E-state index < -0.39 is 4.32 Å². The molecule has 1 N–H and O–H groups in total. The fourth-order valence-corrected chi connectivity index (χ4v) is 1.68. The number of anilines is 2. The molecule has 0 saturated carbocycles. The Bertz CT molecular complexity index is 427. The second-order valence-corrected chi connectivity index (χ2v) is 6.88. The maximum absolute atomic E-state index is 11.8. The van der Waals surface area contributed by atoms with Crippen LogP contribution in [0.3, 0.4) is 0 Å². The molecule has 0 aliphatic heterocycles. The van der Waals surface area contributed by atoms with E-state index in [4.69, 9.17) is 11.6 Å². The Morgan fingerprint density at radius 3 is 2.41 bits per heavy atom. The van der Waals surface area contributed by atoms with Crippen LogP contribution in [-0.4, -0.2) is 24.3 Å². The molecule has 0 radical (unpaired) electrons. The zero-order valence-corrected chi connectivity index (χ0v) is 12.7. The predicted octanol–water partition coefficient (Wildman–Crippen LogP) is 3.52. The Labute approximate surface area is 115 Å². The fraction of sp³-hybridized carbons (Fsp3) is 0.417. The van der Waals surface area contributed by atoms with Crippen molar-refractivity contribution in [2.24, 2.45) is 0 Å². The molecule has 5 heteroatoms. The summed E-state index contributed by atoms with van der Waals surface area (Å²) in [6.07, 6.45) is 0. The van der Waals surface area contributed by atoms with Gasteiger partial charge in [-0.15, -0.1) is 0 Å². The highest BCUT2D eigenvalue weighted by Crippen LogP contribution is 2.28. The summed E-state index contributed by atoms with van der Waals surface area (Å²) in [6, 6.07) is 5.45. The lowest BCUT2D eigenvalue weighted by molar-refractivity contribution is -0.117. The van der Waals surface area contributed by atoms with Crippen LogP contribution in [0.2, 0.25) is 5.02 Å². The number of hydrogen-bond acceptors (Lipinski definition) is 2. The Morgan fingerprint density at radius 2 is 2.00 bits per heavy atom. The number of alkyl halides is 1. The van der Waals surface area contributed by atoms with Crippen molar-refractivity contribution >= 4 is 44.8 Å². The van der Waals surface area contributed by atoms with Crippen molar-refractivity contribution in [1.29, 1.82) is 0 Å². The van der Waals surface area contributed by atoms with Gasteiger partial charge < -0.3 is 10.2 Å². The summed E-state index contributed by atoms with van der Waals surface area (Å²) in [4.78, 5) is 13.7. The molecule has 1 aromatic carbocycles. The molecule has 3 nitrogen and oxygen atoms in total. The maximum atomic E-state index is 11.8. The van der Waals surface area contributed by atoms with Crippen molar-refractivity contribution in [3.05, 3.63) is 23.2 Å². The molecule has 0 spiro atoms. The molecule has 0 aliphatic rings.